The van der Waals surface area contributed by atoms with E-state index in [0.29, 0.717) is 31.9 Å². The van der Waals surface area contributed by atoms with Gasteiger partial charge in [-0.2, -0.15) is 4.31 Å². The maximum atomic E-state index is 12.6. The molecule has 0 radical (unpaired) electrons. The monoisotopic (exact) mass is 433 g/mol. The fourth-order valence-electron chi connectivity index (χ4n) is 3.06. The third-order valence-corrected chi connectivity index (χ3v) is 6.59. The van der Waals surface area contributed by atoms with E-state index in [0.717, 1.165) is 11.6 Å². The van der Waals surface area contributed by atoms with Crippen LogP contribution >= 0.6 is 0 Å². The molecule has 2 amide bonds. The molecule has 0 aromatic carbocycles. The van der Waals surface area contributed by atoms with Crippen molar-refractivity contribution < 1.29 is 13.2 Å². The number of anilines is 3. The number of sulfonamides is 1. The zero-order valence-corrected chi connectivity index (χ0v) is 18.0. The van der Waals surface area contributed by atoms with E-state index in [4.69, 9.17) is 0 Å². The molecule has 0 aliphatic carbocycles. The van der Waals surface area contributed by atoms with Gasteiger partial charge in [-0.25, -0.2) is 23.2 Å². The van der Waals surface area contributed by atoms with Gasteiger partial charge in [0, 0.05) is 53.0 Å². The van der Waals surface area contributed by atoms with Crippen LogP contribution in [0.3, 0.4) is 0 Å². The summed E-state index contributed by atoms with van der Waals surface area (Å²) in [6.07, 6.45) is 3.27. The van der Waals surface area contributed by atoms with Crippen molar-refractivity contribution in [3.63, 3.8) is 0 Å². The summed E-state index contributed by atoms with van der Waals surface area (Å²) in [4.78, 5) is 24.4. The molecular formula is C19H27N7O3S. The quantitative estimate of drug-likeness (QED) is 0.665. The maximum absolute atomic E-state index is 12.6. The molecule has 30 heavy (non-hydrogen) atoms. The van der Waals surface area contributed by atoms with Crippen molar-refractivity contribution in [2.24, 2.45) is 0 Å². The van der Waals surface area contributed by atoms with E-state index < -0.39 is 16.1 Å². The van der Waals surface area contributed by atoms with Gasteiger partial charge < -0.3 is 20.4 Å². The lowest BCUT2D eigenvalue weighted by Crippen LogP contribution is -2.50. The van der Waals surface area contributed by atoms with E-state index in [-0.39, 0.29) is 12.3 Å². The molecule has 3 heterocycles. The van der Waals surface area contributed by atoms with Gasteiger partial charge in [0.05, 0.1) is 17.6 Å². The predicted octanol–water partition coefficient (Wildman–Crippen LogP) is 0.816. The van der Waals surface area contributed by atoms with Crippen LogP contribution in [0.2, 0.25) is 0 Å². The second-order valence-electron chi connectivity index (χ2n) is 7.07. The third-order valence-electron chi connectivity index (χ3n) is 4.71. The van der Waals surface area contributed by atoms with E-state index in [9.17, 15) is 13.2 Å². The van der Waals surface area contributed by atoms with Gasteiger partial charge >= 0.3 is 6.03 Å². The highest BCUT2D eigenvalue weighted by atomic mass is 32.2. The van der Waals surface area contributed by atoms with E-state index in [1.807, 2.05) is 37.2 Å². The molecule has 11 heteroatoms. The fourth-order valence-corrected chi connectivity index (χ4v) is 4.40. The van der Waals surface area contributed by atoms with Crippen molar-refractivity contribution in [3.05, 3.63) is 42.7 Å². The predicted molar refractivity (Wildman–Crippen MR) is 117 cm³/mol. The molecule has 10 nitrogen and oxygen atoms in total. The summed E-state index contributed by atoms with van der Waals surface area (Å²) in [7, 11) is 0.305. The number of carbonyl (C=O) groups is 1. The second kappa shape index (κ2) is 9.72. The molecule has 0 spiro atoms. The number of carbonyl (C=O) groups excluding carboxylic acids is 1. The molecule has 3 rings (SSSR count). The van der Waals surface area contributed by atoms with Crippen LogP contribution in [0.15, 0.2) is 42.7 Å². The van der Waals surface area contributed by atoms with Crippen LogP contribution in [0.1, 0.15) is 0 Å². The minimum atomic E-state index is -3.45. The van der Waals surface area contributed by atoms with Crippen molar-refractivity contribution >= 4 is 33.4 Å². The third kappa shape index (κ3) is 5.80. The van der Waals surface area contributed by atoms with E-state index in [2.05, 4.69) is 25.5 Å². The SMILES string of the molecule is CN(C)c1ccc(NC(=O)NCCS(=O)(=O)N2CCN(c3ccccn3)CC2)cn1. The Hall–Kier alpha value is -2.92. The Balaban J connectivity index is 1.42. The molecule has 1 saturated heterocycles. The lowest BCUT2D eigenvalue weighted by atomic mass is 10.3. The van der Waals surface area contributed by atoms with Crippen LogP contribution in [0.5, 0.6) is 0 Å². The molecule has 1 aliphatic rings. The highest BCUT2D eigenvalue weighted by molar-refractivity contribution is 7.89. The zero-order valence-electron chi connectivity index (χ0n) is 17.2. The highest BCUT2D eigenvalue weighted by Crippen LogP contribution is 2.15. The molecule has 1 fully saturated rings. The lowest BCUT2D eigenvalue weighted by molar-refractivity contribution is 0.252. The van der Waals surface area contributed by atoms with Crippen molar-refractivity contribution in [1.82, 2.24) is 19.6 Å². The number of hydrogen-bond donors (Lipinski definition) is 2. The molecule has 0 saturated carbocycles. The summed E-state index contributed by atoms with van der Waals surface area (Å²) >= 11 is 0. The van der Waals surface area contributed by atoms with Crippen LogP contribution < -0.4 is 20.4 Å². The van der Waals surface area contributed by atoms with Crippen molar-refractivity contribution in [2.75, 3.05) is 67.7 Å². The van der Waals surface area contributed by atoms with E-state index in [1.54, 1.807) is 24.5 Å². The number of amides is 2. The van der Waals surface area contributed by atoms with Gasteiger partial charge in [-0.3, -0.25) is 0 Å². The van der Waals surface area contributed by atoms with Crippen molar-refractivity contribution in [1.29, 1.82) is 0 Å². The Morgan fingerprint density at radius 1 is 1.10 bits per heavy atom. The molecule has 0 atom stereocenters. The molecule has 2 aromatic rings. The molecule has 1 aliphatic heterocycles. The van der Waals surface area contributed by atoms with Crippen LogP contribution in [0.4, 0.5) is 22.1 Å². The number of pyridine rings is 2. The Kier molecular flexibility index (Phi) is 7.06. The summed E-state index contributed by atoms with van der Waals surface area (Å²) in [6.45, 7) is 1.99. The Morgan fingerprint density at radius 2 is 1.87 bits per heavy atom. The molecule has 2 aromatic heterocycles. The van der Waals surface area contributed by atoms with Gasteiger partial charge in [0.25, 0.3) is 0 Å². The zero-order chi connectivity index (χ0) is 21.6. The Labute approximate surface area is 177 Å². The number of aromatic nitrogens is 2. The second-order valence-corrected chi connectivity index (χ2v) is 9.16. The average molecular weight is 434 g/mol. The number of urea groups is 1. The summed E-state index contributed by atoms with van der Waals surface area (Å²) in [5, 5.41) is 5.23. The van der Waals surface area contributed by atoms with Gasteiger partial charge in [0.2, 0.25) is 10.0 Å². The first kappa shape index (κ1) is 21.8. The molecule has 2 N–H and O–H groups in total. The first-order chi connectivity index (χ1) is 14.3. The molecular weight excluding hydrogens is 406 g/mol. The number of hydrogen-bond acceptors (Lipinski definition) is 7. The van der Waals surface area contributed by atoms with Crippen LogP contribution in [-0.4, -0.2) is 81.3 Å². The smallest absolute Gasteiger partial charge is 0.319 e. The topological polar surface area (TPSA) is 111 Å². The van der Waals surface area contributed by atoms with E-state index in [1.165, 1.54) is 4.31 Å². The van der Waals surface area contributed by atoms with Gasteiger partial charge in [-0.05, 0) is 24.3 Å². The maximum Gasteiger partial charge on any atom is 0.319 e. The first-order valence-electron chi connectivity index (χ1n) is 9.67. The minimum absolute atomic E-state index is 0.0256. The number of nitrogens with zero attached hydrogens (tertiary/aromatic N) is 5. The Morgan fingerprint density at radius 3 is 2.47 bits per heavy atom. The van der Waals surface area contributed by atoms with Gasteiger partial charge in [0.1, 0.15) is 11.6 Å². The highest BCUT2D eigenvalue weighted by Gasteiger charge is 2.27. The largest absolute Gasteiger partial charge is 0.363 e. The molecule has 0 unspecified atom stereocenters. The number of rotatable bonds is 7. The van der Waals surface area contributed by atoms with Crippen LogP contribution in [0.25, 0.3) is 0 Å². The van der Waals surface area contributed by atoms with Gasteiger partial charge in [0.15, 0.2) is 0 Å². The van der Waals surface area contributed by atoms with Gasteiger partial charge in [-0.15, -0.1) is 0 Å². The Bertz CT molecular complexity index is 928. The van der Waals surface area contributed by atoms with Crippen molar-refractivity contribution in [2.45, 2.75) is 0 Å². The normalized spacial score (nSPS) is 14.9. The summed E-state index contributed by atoms with van der Waals surface area (Å²) in [6, 6.07) is 8.72. The van der Waals surface area contributed by atoms with E-state index >= 15 is 0 Å². The molecule has 0 bridgehead atoms. The summed E-state index contributed by atoms with van der Waals surface area (Å²) in [5.41, 5.74) is 0.534. The fraction of sp³-hybridized carbons (Fsp3) is 0.421. The van der Waals surface area contributed by atoms with Crippen LogP contribution in [-0.2, 0) is 10.0 Å². The molecule has 162 valence electrons. The standard InChI is InChI=1S/C19H27N7O3S/c1-24(2)17-7-6-16(15-22-17)23-19(27)21-9-14-30(28,29)26-12-10-25(11-13-26)18-5-3-4-8-20-18/h3-8,15H,9-14H2,1-2H3,(H2,21,23,27). The first-order valence-corrected chi connectivity index (χ1v) is 11.3. The number of piperazine rings is 1. The lowest BCUT2D eigenvalue weighted by Gasteiger charge is -2.34. The minimum Gasteiger partial charge on any atom is -0.363 e. The average Bonchev–Trinajstić information content (AvgIpc) is 2.75. The summed E-state index contributed by atoms with van der Waals surface area (Å²) in [5.74, 6) is 1.47. The van der Waals surface area contributed by atoms with Crippen molar-refractivity contribution in [3.8, 4) is 0 Å². The number of nitrogens with one attached hydrogen (secondary N) is 2. The van der Waals surface area contributed by atoms with Gasteiger partial charge in [-0.1, -0.05) is 6.07 Å². The van der Waals surface area contributed by atoms with Crippen LogP contribution in [0, 0.1) is 0 Å². The summed E-state index contributed by atoms with van der Waals surface area (Å²) < 4.78 is 26.6.